The molecule has 5 rings (SSSR count). The van der Waals surface area contributed by atoms with E-state index in [1.807, 2.05) is 25.1 Å². The van der Waals surface area contributed by atoms with E-state index in [0.717, 1.165) is 5.56 Å². The molecule has 0 bridgehead atoms. The molecule has 2 heterocycles. The van der Waals surface area contributed by atoms with Crippen LogP contribution in [0.5, 0.6) is 17.2 Å². The number of rotatable bonds is 6. The Morgan fingerprint density at radius 3 is 2.29 bits per heavy atom. The Hall–Kier alpha value is -4.79. The highest BCUT2D eigenvalue weighted by Crippen LogP contribution is 2.44. The van der Waals surface area contributed by atoms with Crippen molar-refractivity contribution in [3.8, 4) is 17.2 Å². The number of aliphatic hydroxyl groups excluding tert-OH is 1. The number of H-pyrrole nitrogens is 1. The van der Waals surface area contributed by atoms with Crippen molar-refractivity contribution in [1.82, 2.24) is 9.97 Å². The van der Waals surface area contributed by atoms with E-state index in [4.69, 9.17) is 14.2 Å². The Morgan fingerprint density at radius 1 is 0.895 bits per heavy atom. The third-order valence-corrected chi connectivity index (χ3v) is 6.77. The van der Waals surface area contributed by atoms with Gasteiger partial charge < -0.3 is 24.3 Å². The molecule has 38 heavy (non-hydrogen) atoms. The third-order valence-electron chi connectivity index (χ3n) is 6.77. The highest BCUT2D eigenvalue weighted by Gasteiger charge is 2.48. The number of carbonyl (C=O) groups is 2. The molecule has 1 atom stereocenters. The summed E-state index contributed by atoms with van der Waals surface area (Å²) in [4.78, 5) is 36.1. The summed E-state index contributed by atoms with van der Waals surface area (Å²) in [5, 5.41) is 11.6. The molecule has 1 unspecified atom stereocenters. The number of hydrogen-bond donors (Lipinski definition) is 2. The van der Waals surface area contributed by atoms with Crippen LogP contribution in [0.3, 0.4) is 0 Å². The number of ketones is 1. The van der Waals surface area contributed by atoms with Gasteiger partial charge in [0.2, 0.25) is 5.95 Å². The van der Waals surface area contributed by atoms with Crippen molar-refractivity contribution in [2.24, 2.45) is 0 Å². The zero-order valence-electron chi connectivity index (χ0n) is 21.7. The molecule has 9 nitrogen and oxygen atoms in total. The normalized spacial score (nSPS) is 16.8. The SMILES string of the molecule is COc1cc(C)c(/C(O)=C2\C(=O)C(=O)N(c3nc4ccccc4[nH]3)C2c2ccc(OC)c(OC)c2)cc1C. The molecule has 3 aromatic carbocycles. The molecule has 1 aliphatic rings. The lowest BCUT2D eigenvalue weighted by Crippen LogP contribution is -2.30. The van der Waals surface area contributed by atoms with Crippen molar-refractivity contribution in [2.45, 2.75) is 19.9 Å². The zero-order chi connectivity index (χ0) is 27.1. The molecule has 1 amide bonds. The van der Waals surface area contributed by atoms with Gasteiger partial charge in [0, 0.05) is 5.56 Å². The van der Waals surface area contributed by atoms with Gasteiger partial charge in [0.25, 0.3) is 5.78 Å². The van der Waals surface area contributed by atoms with E-state index in [2.05, 4.69) is 9.97 Å². The van der Waals surface area contributed by atoms with Gasteiger partial charge in [-0.15, -0.1) is 0 Å². The minimum absolute atomic E-state index is 0.0599. The topological polar surface area (TPSA) is 114 Å². The van der Waals surface area contributed by atoms with E-state index in [1.54, 1.807) is 50.4 Å². The predicted octanol–water partition coefficient (Wildman–Crippen LogP) is 4.83. The number of anilines is 1. The Morgan fingerprint density at radius 2 is 1.61 bits per heavy atom. The van der Waals surface area contributed by atoms with Crippen molar-refractivity contribution >= 4 is 34.4 Å². The second-order valence-electron chi connectivity index (χ2n) is 9.00. The number of para-hydroxylation sites is 2. The number of imidazole rings is 1. The number of aliphatic hydroxyl groups is 1. The Labute approximate surface area is 219 Å². The summed E-state index contributed by atoms with van der Waals surface area (Å²) in [5.41, 5.74) is 3.70. The van der Waals surface area contributed by atoms with Gasteiger partial charge >= 0.3 is 5.91 Å². The van der Waals surface area contributed by atoms with E-state index in [1.165, 1.54) is 19.1 Å². The number of amides is 1. The summed E-state index contributed by atoms with van der Waals surface area (Å²) in [7, 11) is 4.59. The van der Waals surface area contributed by atoms with Gasteiger partial charge in [0.05, 0.1) is 44.0 Å². The summed E-state index contributed by atoms with van der Waals surface area (Å²) in [5.74, 6) is -0.183. The smallest absolute Gasteiger partial charge is 0.302 e. The van der Waals surface area contributed by atoms with Crippen LogP contribution in [0.4, 0.5) is 5.95 Å². The van der Waals surface area contributed by atoms with Crippen LogP contribution < -0.4 is 19.1 Å². The Kier molecular flexibility index (Phi) is 6.28. The summed E-state index contributed by atoms with van der Waals surface area (Å²) >= 11 is 0. The van der Waals surface area contributed by atoms with Crippen LogP contribution in [-0.4, -0.2) is 48.1 Å². The molecule has 1 aromatic heterocycles. The number of ether oxygens (including phenoxy) is 3. The maximum atomic E-state index is 13.6. The van der Waals surface area contributed by atoms with Gasteiger partial charge in [0.1, 0.15) is 11.5 Å². The molecular formula is C29H27N3O6. The fourth-order valence-corrected chi connectivity index (χ4v) is 4.85. The number of carbonyl (C=O) groups excluding carboxylic acids is 2. The second kappa shape index (κ2) is 9.59. The van der Waals surface area contributed by atoms with Crippen molar-refractivity contribution in [1.29, 1.82) is 0 Å². The van der Waals surface area contributed by atoms with Gasteiger partial charge in [-0.3, -0.25) is 14.5 Å². The van der Waals surface area contributed by atoms with Gasteiger partial charge in [-0.25, -0.2) is 4.98 Å². The number of aryl methyl sites for hydroxylation is 2. The summed E-state index contributed by atoms with van der Waals surface area (Å²) in [6, 6.07) is 15.0. The number of methoxy groups -OCH3 is 3. The first-order valence-corrected chi connectivity index (χ1v) is 11.9. The number of aromatic amines is 1. The molecule has 2 N–H and O–H groups in total. The number of fused-ring (bicyclic) bond motifs is 1. The van der Waals surface area contributed by atoms with Crippen molar-refractivity contribution in [3.63, 3.8) is 0 Å². The molecule has 4 aromatic rings. The summed E-state index contributed by atoms with van der Waals surface area (Å²) < 4.78 is 16.3. The summed E-state index contributed by atoms with van der Waals surface area (Å²) in [6.07, 6.45) is 0. The minimum atomic E-state index is -0.989. The molecular weight excluding hydrogens is 486 g/mol. The van der Waals surface area contributed by atoms with Crippen LogP contribution in [0.2, 0.25) is 0 Å². The van der Waals surface area contributed by atoms with E-state index in [0.29, 0.717) is 45.0 Å². The maximum absolute atomic E-state index is 13.6. The number of hydrogen-bond acceptors (Lipinski definition) is 7. The fraction of sp³-hybridized carbons (Fsp3) is 0.207. The predicted molar refractivity (Wildman–Crippen MR) is 143 cm³/mol. The highest BCUT2D eigenvalue weighted by molar-refractivity contribution is 6.51. The molecule has 1 saturated heterocycles. The zero-order valence-corrected chi connectivity index (χ0v) is 21.7. The van der Waals surface area contributed by atoms with Crippen LogP contribution in [0.25, 0.3) is 16.8 Å². The van der Waals surface area contributed by atoms with Crippen LogP contribution in [0, 0.1) is 13.8 Å². The monoisotopic (exact) mass is 513 g/mol. The van der Waals surface area contributed by atoms with Gasteiger partial charge in [-0.1, -0.05) is 18.2 Å². The number of aromatic nitrogens is 2. The third kappa shape index (κ3) is 3.92. The fourth-order valence-electron chi connectivity index (χ4n) is 4.85. The Bertz CT molecular complexity index is 1590. The van der Waals surface area contributed by atoms with Crippen molar-refractivity contribution in [2.75, 3.05) is 26.2 Å². The quantitative estimate of drug-likeness (QED) is 0.216. The van der Waals surface area contributed by atoms with E-state index >= 15 is 0 Å². The van der Waals surface area contributed by atoms with Gasteiger partial charge in [-0.05, 0) is 66.9 Å². The van der Waals surface area contributed by atoms with Crippen LogP contribution >= 0.6 is 0 Å². The summed E-state index contributed by atoms with van der Waals surface area (Å²) in [6.45, 7) is 3.64. The van der Waals surface area contributed by atoms with E-state index in [9.17, 15) is 14.7 Å². The lowest BCUT2D eigenvalue weighted by atomic mass is 9.93. The molecule has 0 aliphatic carbocycles. The van der Waals surface area contributed by atoms with Crippen LogP contribution in [-0.2, 0) is 9.59 Å². The maximum Gasteiger partial charge on any atom is 0.302 e. The lowest BCUT2D eigenvalue weighted by Gasteiger charge is -2.24. The molecule has 0 saturated carbocycles. The first kappa shape index (κ1) is 24.9. The molecule has 9 heteroatoms. The first-order valence-electron chi connectivity index (χ1n) is 11.9. The Balaban J connectivity index is 1.77. The number of benzene rings is 3. The highest BCUT2D eigenvalue weighted by atomic mass is 16.5. The number of Topliss-reactive ketones (excluding diaryl/α,β-unsaturated/α-hetero) is 1. The average Bonchev–Trinajstić information content (AvgIpc) is 3.47. The largest absolute Gasteiger partial charge is 0.507 e. The second-order valence-corrected chi connectivity index (χ2v) is 9.00. The first-order chi connectivity index (χ1) is 18.3. The number of nitrogens with zero attached hydrogens (tertiary/aromatic N) is 2. The minimum Gasteiger partial charge on any atom is -0.507 e. The lowest BCUT2D eigenvalue weighted by molar-refractivity contribution is -0.132. The van der Waals surface area contributed by atoms with Crippen LogP contribution in [0.15, 0.2) is 60.2 Å². The standard InChI is InChI=1S/C29H27N3O6/c1-15-13-22(37-4)16(2)12-18(15)26(33)24-25(17-10-11-21(36-3)23(14-17)38-5)32(28(35)27(24)34)29-30-19-8-6-7-9-20(19)31-29/h6-14,25,33H,1-5H3,(H,30,31)/b26-24+. The van der Waals surface area contributed by atoms with E-state index in [-0.39, 0.29) is 17.3 Å². The molecule has 194 valence electrons. The van der Waals surface area contributed by atoms with Gasteiger partial charge in [-0.2, -0.15) is 0 Å². The van der Waals surface area contributed by atoms with Crippen molar-refractivity contribution < 1.29 is 28.9 Å². The van der Waals surface area contributed by atoms with Crippen LogP contribution in [0.1, 0.15) is 28.3 Å². The average molecular weight is 514 g/mol. The number of nitrogens with one attached hydrogen (secondary N) is 1. The molecule has 1 fully saturated rings. The molecule has 0 spiro atoms. The van der Waals surface area contributed by atoms with Crippen molar-refractivity contribution in [3.05, 3.63) is 82.4 Å². The van der Waals surface area contributed by atoms with E-state index < -0.39 is 17.7 Å². The van der Waals surface area contributed by atoms with Gasteiger partial charge in [0.15, 0.2) is 11.5 Å². The molecule has 1 aliphatic heterocycles. The molecule has 0 radical (unpaired) electrons.